The summed E-state index contributed by atoms with van der Waals surface area (Å²) in [6.07, 6.45) is 0.466. The quantitative estimate of drug-likeness (QED) is 0.682. The van der Waals surface area contributed by atoms with Crippen molar-refractivity contribution in [1.29, 1.82) is 0 Å². The molecule has 22 heavy (non-hydrogen) atoms. The fraction of sp³-hybridized carbons (Fsp3) is 0.133. The number of rotatable bonds is 5. The van der Waals surface area contributed by atoms with Crippen molar-refractivity contribution in [2.45, 2.75) is 6.42 Å². The van der Waals surface area contributed by atoms with Gasteiger partial charge in [-0.05, 0) is 30.2 Å². The van der Waals surface area contributed by atoms with E-state index in [1.54, 1.807) is 12.1 Å². The van der Waals surface area contributed by atoms with Crippen LogP contribution in [0, 0.1) is 21.7 Å². The normalized spacial score (nSPS) is 10.3. The van der Waals surface area contributed by atoms with Crippen molar-refractivity contribution in [1.82, 2.24) is 5.32 Å². The average molecular weight is 306 g/mol. The Labute approximate surface area is 124 Å². The van der Waals surface area contributed by atoms with Crippen molar-refractivity contribution in [3.63, 3.8) is 0 Å². The summed E-state index contributed by atoms with van der Waals surface area (Å²) in [5.41, 5.74) is 0.841. The lowest BCUT2D eigenvalue weighted by molar-refractivity contribution is -0.384. The molecule has 0 aliphatic rings. The third-order valence-electron chi connectivity index (χ3n) is 3.03. The minimum atomic E-state index is -1.08. The van der Waals surface area contributed by atoms with E-state index in [9.17, 15) is 23.7 Å². The van der Waals surface area contributed by atoms with E-state index in [0.29, 0.717) is 6.42 Å². The molecule has 0 radical (unpaired) electrons. The summed E-state index contributed by atoms with van der Waals surface area (Å²) in [4.78, 5) is 21.8. The summed E-state index contributed by atoms with van der Waals surface area (Å²) in [5, 5.41) is 13.1. The van der Waals surface area contributed by atoms with Crippen LogP contribution in [0.25, 0.3) is 0 Å². The zero-order valence-electron chi connectivity index (χ0n) is 11.4. The molecule has 0 fully saturated rings. The maximum absolute atomic E-state index is 13.0. The van der Waals surface area contributed by atoms with Crippen molar-refractivity contribution >= 4 is 11.6 Å². The molecule has 1 amide bonds. The van der Waals surface area contributed by atoms with Crippen LogP contribution < -0.4 is 5.32 Å². The van der Waals surface area contributed by atoms with Crippen LogP contribution in [0.3, 0.4) is 0 Å². The second-order valence-corrected chi connectivity index (χ2v) is 4.56. The Morgan fingerprint density at radius 1 is 1.09 bits per heavy atom. The van der Waals surface area contributed by atoms with Crippen LogP contribution in [0.1, 0.15) is 15.9 Å². The first-order valence-electron chi connectivity index (χ1n) is 6.44. The maximum Gasteiger partial charge on any atom is 0.269 e. The SMILES string of the molecule is O=C(NCCc1ccc([N+](=O)[O-])cc1)c1ccc(F)c(F)c1. The molecule has 0 aliphatic heterocycles. The number of hydrogen-bond acceptors (Lipinski definition) is 3. The van der Waals surface area contributed by atoms with E-state index >= 15 is 0 Å². The molecule has 0 aliphatic carbocycles. The standard InChI is InChI=1S/C15H12F2N2O3/c16-13-6-3-11(9-14(13)17)15(20)18-8-7-10-1-4-12(5-2-10)19(21)22/h1-6,9H,7-8H2,(H,18,20). The Bertz CT molecular complexity index is 702. The molecule has 0 heterocycles. The van der Waals surface area contributed by atoms with Gasteiger partial charge in [0.05, 0.1) is 4.92 Å². The average Bonchev–Trinajstić information content (AvgIpc) is 2.50. The van der Waals surface area contributed by atoms with Gasteiger partial charge in [0.1, 0.15) is 0 Å². The van der Waals surface area contributed by atoms with Crippen molar-refractivity contribution < 1.29 is 18.5 Å². The number of halogens is 2. The highest BCUT2D eigenvalue weighted by molar-refractivity contribution is 5.94. The minimum Gasteiger partial charge on any atom is -0.352 e. The molecule has 7 heteroatoms. The van der Waals surface area contributed by atoms with E-state index in [1.807, 2.05) is 0 Å². The predicted octanol–water partition coefficient (Wildman–Crippen LogP) is 2.85. The molecule has 2 aromatic rings. The van der Waals surface area contributed by atoms with Gasteiger partial charge in [0.25, 0.3) is 11.6 Å². The van der Waals surface area contributed by atoms with E-state index in [0.717, 1.165) is 17.7 Å². The van der Waals surface area contributed by atoms with Crippen LogP contribution in [-0.2, 0) is 6.42 Å². The summed E-state index contributed by atoms with van der Waals surface area (Å²) >= 11 is 0. The summed E-state index contributed by atoms with van der Waals surface area (Å²) in [5.74, 6) is -2.61. The molecule has 0 atom stereocenters. The lowest BCUT2D eigenvalue weighted by Gasteiger charge is -2.06. The molecule has 114 valence electrons. The molecular weight excluding hydrogens is 294 g/mol. The summed E-state index contributed by atoms with van der Waals surface area (Å²) in [7, 11) is 0. The maximum atomic E-state index is 13.0. The molecule has 5 nitrogen and oxygen atoms in total. The monoisotopic (exact) mass is 306 g/mol. The van der Waals surface area contributed by atoms with Crippen molar-refractivity contribution in [3.8, 4) is 0 Å². The number of hydrogen-bond donors (Lipinski definition) is 1. The number of nitro groups is 1. The van der Waals surface area contributed by atoms with Gasteiger partial charge in [0.2, 0.25) is 0 Å². The van der Waals surface area contributed by atoms with Crippen LogP contribution in [-0.4, -0.2) is 17.4 Å². The predicted molar refractivity (Wildman–Crippen MR) is 75.5 cm³/mol. The van der Waals surface area contributed by atoms with Gasteiger partial charge >= 0.3 is 0 Å². The highest BCUT2D eigenvalue weighted by Crippen LogP contribution is 2.12. The van der Waals surface area contributed by atoms with E-state index in [-0.39, 0.29) is 17.8 Å². The molecule has 0 bridgehead atoms. The van der Waals surface area contributed by atoms with Gasteiger partial charge in [0.15, 0.2) is 11.6 Å². The Balaban J connectivity index is 1.88. The van der Waals surface area contributed by atoms with Crippen LogP contribution in [0.4, 0.5) is 14.5 Å². The Morgan fingerprint density at radius 3 is 2.36 bits per heavy atom. The van der Waals surface area contributed by atoms with Gasteiger partial charge < -0.3 is 5.32 Å². The third-order valence-corrected chi connectivity index (χ3v) is 3.03. The van der Waals surface area contributed by atoms with Crippen LogP contribution in [0.5, 0.6) is 0 Å². The number of nitrogens with one attached hydrogen (secondary N) is 1. The molecule has 0 spiro atoms. The number of non-ortho nitro benzene ring substituents is 1. The van der Waals surface area contributed by atoms with Gasteiger partial charge in [-0.2, -0.15) is 0 Å². The Hall–Kier alpha value is -2.83. The van der Waals surface area contributed by atoms with Crippen LogP contribution in [0.15, 0.2) is 42.5 Å². The summed E-state index contributed by atoms with van der Waals surface area (Å²) in [6, 6.07) is 8.87. The van der Waals surface area contributed by atoms with Crippen LogP contribution in [0.2, 0.25) is 0 Å². The molecule has 1 N–H and O–H groups in total. The van der Waals surface area contributed by atoms with E-state index < -0.39 is 22.5 Å². The van der Waals surface area contributed by atoms with E-state index in [2.05, 4.69) is 5.32 Å². The Morgan fingerprint density at radius 2 is 1.77 bits per heavy atom. The zero-order chi connectivity index (χ0) is 16.1. The fourth-order valence-electron chi connectivity index (χ4n) is 1.84. The molecule has 0 aromatic heterocycles. The van der Waals surface area contributed by atoms with Gasteiger partial charge in [-0.15, -0.1) is 0 Å². The van der Waals surface area contributed by atoms with Crippen molar-refractivity contribution in [3.05, 3.63) is 75.3 Å². The van der Waals surface area contributed by atoms with Crippen LogP contribution >= 0.6 is 0 Å². The number of nitrogens with zero attached hydrogens (tertiary/aromatic N) is 1. The number of amides is 1. The largest absolute Gasteiger partial charge is 0.352 e. The third kappa shape index (κ3) is 3.85. The second-order valence-electron chi connectivity index (χ2n) is 4.56. The number of carbonyl (C=O) groups is 1. The Kier molecular flexibility index (Phi) is 4.77. The number of carbonyl (C=O) groups excluding carboxylic acids is 1. The lowest BCUT2D eigenvalue weighted by Crippen LogP contribution is -2.25. The summed E-state index contributed by atoms with van der Waals surface area (Å²) < 4.78 is 25.8. The topological polar surface area (TPSA) is 72.2 Å². The van der Waals surface area contributed by atoms with Gasteiger partial charge in [-0.3, -0.25) is 14.9 Å². The minimum absolute atomic E-state index is 0.00503. The molecule has 0 saturated heterocycles. The molecule has 2 rings (SSSR count). The molecule has 0 saturated carbocycles. The zero-order valence-corrected chi connectivity index (χ0v) is 11.4. The molecule has 2 aromatic carbocycles. The second kappa shape index (κ2) is 6.75. The van der Waals surface area contributed by atoms with Gasteiger partial charge in [0, 0.05) is 24.2 Å². The first-order chi connectivity index (χ1) is 10.5. The van der Waals surface area contributed by atoms with E-state index in [1.165, 1.54) is 18.2 Å². The molecule has 0 unspecified atom stereocenters. The summed E-state index contributed by atoms with van der Waals surface area (Å²) in [6.45, 7) is 0.273. The van der Waals surface area contributed by atoms with Gasteiger partial charge in [-0.25, -0.2) is 8.78 Å². The first kappa shape index (κ1) is 15.6. The highest BCUT2D eigenvalue weighted by atomic mass is 19.2. The van der Waals surface area contributed by atoms with Gasteiger partial charge in [-0.1, -0.05) is 12.1 Å². The molecular formula is C15H12F2N2O3. The van der Waals surface area contributed by atoms with Crippen molar-refractivity contribution in [2.24, 2.45) is 0 Å². The fourth-order valence-corrected chi connectivity index (χ4v) is 1.84. The number of benzene rings is 2. The first-order valence-corrected chi connectivity index (χ1v) is 6.44. The smallest absolute Gasteiger partial charge is 0.269 e. The van der Waals surface area contributed by atoms with Crippen molar-refractivity contribution in [2.75, 3.05) is 6.54 Å². The van der Waals surface area contributed by atoms with E-state index in [4.69, 9.17) is 0 Å². The number of nitro benzene ring substituents is 1. The highest BCUT2D eigenvalue weighted by Gasteiger charge is 2.09. The lowest BCUT2D eigenvalue weighted by atomic mass is 10.1.